The second kappa shape index (κ2) is 6.01. The summed E-state index contributed by atoms with van der Waals surface area (Å²) in [6.07, 6.45) is -2.13. The van der Waals surface area contributed by atoms with Gasteiger partial charge in [0.15, 0.2) is 5.75 Å². The maximum atomic E-state index is 10.0. The fourth-order valence-corrected chi connectivity index (χ4v) is 2.38. The summed E-state index contributed by atoms with van der Waals surface area (Å²) in [6, 6.07) is 15.8. The van der Waals surface area contributed by atoms with E-state index in [1.165, 1.54) is 6.07 Å². The molecule has 2 aromatic carbocycles. The van der Waals surface area contributed by atoms with Crippen LogP contribution in [0.25, 0.3) is 0 Å². The number of para-hydroxylation sites is 2. The number of rotatable bonds is 4. The lowest BCUT2D eigenvalue weighted by atomic mass is 9.92. The number of hydrogen-bond acceptors (Lipinski definition) is 6. The lowest BCUT2D eigenvalue weighted by molar-refractivity contribution is 0.0397. The molecule has 23 heavy (non-hydrogen) atoms. The predicted octanol–water partition coefficient (Wildman–Crippen LogP) is 1.73. The fourth-order valence-electron chi connectivity index (χ4n) is 2.38. The van der Waals surface area contributed by atoms with Crippen LogP contribution in [-0.2, 0) is 0 Å². The number of hydrogen-bond donors (Lipinski definition) is 5. The average Bonchev–Trinajstić information content (AvgIpc) is 2.59. The summed E-state index contributed by atoms with van der Waals surface area (Å²) in [5.74, 6) is -0.199. The molecule has 2 atom stereocenters. The summed E-state index contributed by atoms with van der Waals surface area (Å²) >= 11 is 0. The Balaban J connectivity index is 1.89. The van der Waals surface area contributed by atoms with Crippen LogP contribution in [0.1, 0.15) is 5.56 Å². The van der Waals surface area contributed by atoms with Crippen LogP contribution in [0, 0.1) is 11.3 Å². The summed E-state index contributed by atoms with van der Waals surface area (Å²) < 4.78 is 0. The first kappa shape index (κ1) is 14.9. The molecule has 0 heterocycles. The lowest BCUT2D eigenvalue weighted by Crippen LogP contribution is -2.46. The Morgan fingerprint density at radius 1 is 0.870 bits per heavy atom. The highest BCUT2D eigenvalue weighted by molar-refractivity contribution is 5.68. The first-order valence-electron chi connectivity index (χ1n) is 7.03. The van der Waals surface area contributed by atoms with Crippen molar-refractivity contribution in [3.8, 4) is 11.8 Å². The first-order valence-corrected chi connectivity index (χ1v) is 7.03. The van der Waals surface area contributed by atoms with Gasteiger partial charge in [-0.15, -0.1) is 0 Å². The Bertz CT molecular complexity index is 796. The first-order chi connectivity index (χ1) is 11.1. The van der Waals surface area contributed by atoms with E-state index in [0.717, 1.165) is 5.69 Å². The van der Waals surface area contributed by atoms with Crippen molar-refractivity contribution in [2.75, 3.05) is 10.6 Å². The standard InChI is InChI=1S/C17H15N3O3/c18-9-10-5-4-8-12(15(10)21)20-14-13(16(22)17(14)23)19-11-6-2-1-3-7-11/h1-8,16-17,19-23H. The van der Waals surface area contributed by atoms with E-state index in [1.807, 2.05) is 36.4 Å². The van der Waals surface area contributed by atoms with Gasteiger partial charge in [-0.3, -0.25) is 0 Å². The number of nitrogens with zero attached hydrogens (tertiary/aromatic N) is 1. The molecule has 2 aromatic rings. The van der Waals surface area contributed by atoms with Crippen molar-refractivity contribution >= 4 is 11.4 Å². The fraction of sp³-hybridized carbons (Fsp3) is 0.118. The third-order valence-electron chi connectivity index (χ3n) is 3.66. The number of phenolic OH excluding ortho intramolecular Hbond substituents is 1. The van der Waals surface area contributed by atoms with Gasteiger partial charge in [-0.2, -0.15) is 5.26 Å². The van der Waals surface area contributed by atoms with Gasteiger partial charge in [-0.25, -0.2) is 0 Å². The van der Waals surface area contributed by atoms with Gasteiger partial charge in [0.1, 0.15) is 18.3 Å². The maximum absolute atomic E-state index is 10.0. The number of aliphatic hydroxyl groups excluding tert-OH is 2. The molecule has 116 valence electrons. The molecule has 1 aliphatic rings. The van der Waals surface area contributed by atoms with E-state index < -0.39 is 12.2 Å². The Morgan fingerprint density at radius 2 is 1.52 bits per heavy atom. The SMILES string of the molecule is N#Cc1cccc(NC2=C(Nc3ccccc3)C(O)C2O)c1O. The molecule has 2 unspecified atom stereocenters. The van der Waals surface area contributed by atoms with Gasteiger partial charge in [0.05, 0.1) is 22.6 Å². The Kier molecular flexibility index (Phi) is 3.89. The van der Waals surface area contributed by atoms with E-state index in [1.54, 1.807) is 12.1 Å². The molecule has 1 aliphatic carbocycles. The smallest absolute Gasteiger partial charge is 0.156 e. The van der Waals surface area contributed by atoms with Crippen LogP contribution in [0.2, 0.25) is 0 Å². The van der Waals surface area contributed by atoms with Crippen molar-refractivity contribution in [3.05, 3.63) is 65.5 Å². The minimum Gasteiger partial charge on any atom is -0.504 e. The van der Waals surface area contributed by atoms with Crippen molar-refractivity contribution in [3.63, 3.8) is 0 Å². The number of aromatic hydroxyl groups is 1. The summed E-state index contributed by atoms with van der Waals surface area (Å²) in [6.45, 7) is 0. The van der Waals surface area contributed by atoms with Crippen LogP contribution >= 0.6 is 0 Å². The number of aliphatic hydroxyl groups is 2. The van der Waals surface area contributed by atoms with E-state index in [0.29, 0.717) is 11.4 Å². The van der Waals surface area contributed by atoms with Gasteiger partial charge in [0.2, 0.25) is 0 Å². The van der Waals surface area contributed by atoms with E-state index in [4.69, 9.17) is 5.26 Å². The minimum absolute atomic E-state index is 0.127. The van der Waals surface area contributed by atoms with Crippen LogP contribution in [0.4, 0.5) is 11.4 Å². The van der Waals surface area contributed by atoms with E-state index >= 15 is 0 Å². The number of phenols is 1. The van der Waals surface area contributed by atoms with Gasteiger partial charge < -0.3 is 26.0 Å². The molecule has 0 fully saturated rings. The van der Waals surface area contributed by atoms with Crippen LogP contribution in [0.15, 0.2) is 59.9 Å². The molecular formula is C17H15N3O3. The molecule has 0 amide bonds. The second-order valence-corrected chi connectivity index (χ2v) is 5.15. The largest absolute Gasteiger partial charge is 0.504 e. The van der Waals surface area contributed by atoms with Crippen molar-refractivity contribution in [2.24, 2.45) is 0 Å². The van der Waals surface area contributed by atoms with Crippen molar-refractivity contribution < 1.29 is 15.3 Å². The van der Waals surface area contributed by atoms with Gasteiger partial charge >= 0.3 is 0 Å². The number of nitriles is 1. The molecule has 0 spiro atoms. The van der Waals surface area contributed by atoms with Crippen molar-refractivity contribution in [1.29, 1.82) is 5.26 Å². The Labute approximate surface area is 132 Å². The monoisotopic (exact) mass is 309 g/mol. The van der Waals surface area contributed by atoms with E-state index in [-0.39, 0.29) is 17.0 Å². The van der Waals surface area contributed by atoms with Crippen LogP contribution in [0.3, 0.4) is 0 Å². The summed E-state index contributed by atoms with van der Waals surface area (Å²) in [5.41, 5.74) is 1.96. The molecule has 0 saturated heterocycles. The van der Waals surface area contributed by atoms with Crippen LogP contribution in [-0.4, -0.2) is 27.5 Å². The molecule has 0 aliphatic heterocycles. The normalized spacial score (nSPS) is 19.7. The molecule has 0 aromatic heterocycles. The highest BCUT2D eigenvalue weighted by Crippen LogP contribution is 2.35. The highest BCUT2D eigenvalue weighted by Gasteiger charge is 2.39. The second-order valence-electron chi connectivity index (χ2n) is 5.15. The maximum Gasteiger partial charge on any atom is 0.156 e. The van der Waals surface area contributed by atoms with Crippen molar-refractivity contribution in [1.82, 2.24) is 0 Å². The Morgan fingerprint density at radius 3 is 2.17 bits per heavy atom. The number of anilines is 2. The molecule has 6 nitrogen and oxygen atoms in total. The summed E-state index contributed by atoms with van der Waals surface area (Å²) in [7, 11) is 0. The molecule has 3 rings (SSSR count). The van der Waals surface area contributed by atoms with Gasteiger partial charge in [0.25, 0.3) is 0 Å². The zero-order valence-corrected chi connectivity index (χ0v) is 12.1. The summed E-state index contributed by atoms with van der Waals surface area (Å²) in [4.78, 5) is 0. The zero-order valence-electron chi connectivity index (χ0n) is 12.1. The number of benzene rings is 2. The predicted molar refractivity (Wildman–Crippen MR) is 85.5 cm³/mol. The molecule has 6 heteroatoms. The quantitative estimate of drug-likeness (QED) is 0.550. The highest BCUT2D eigenvalue weighted by atomic mass is 16.3. The average molecular weight is 309 g/mol. The molecule has 5 N–H and O–H groups in total. The molecule has 0 bridgehead atoms. The van der Waals surface area contributed by atoms with Gasteiger partial charge in [-0.1, -0.05) is 24.3 Å². The third kappa shape index (κ3) is 2.71. The van der Waals surface area contributed by atoms with E-state index in [2.05, 4.69) is 10.6 Å². The third-order valence-corrected chi connectivity index (χ3v) is 3.66. The van der Waals surface area contributed by atoms with Crippen LogP contribution in [0.5, 0.6) is 5.75 Å². The van der Waals surface area contributed by atoms with Gasteiger partial charge in [-0.05, 0) is 24.3 Å². The molecular weight excluding hydrogens is 294 g/mol. The topological polar surface area (TPSA) is 109 Å². The Hall–Kier alpha value is -3.01. The minimum atomic E-state index is -1.09. The molecule has 0 saturated carbocycles. The molecule has 0 radical (unpaired) electrons. The number of nitrogens with one attached hydrogen (secondary N) is 2. The zero-order chi connectivity index (χ0) is 16.4. The van der Waals surface area contributed by atoms with Gasteiger partial charge in [0, 0.05) is 5.69 Å². The summed E-state index contributed by atoms with van der Waals surface area (Å²) in [5, 5.41) is 44.7. The van der Waals surface area contributed by atoms with Crippen molar-refractivity contribution in [2.45, 2.75) is 12.2 Å². The van der Waals surface area contributed by atoms with Crippen LogP contribution < -0.4 is 10.6 Å². The lowest BCUT2D eigenvalue weighted by Gasteiger charge is -2.36. The van der Waals surface area contributed by atoms with E-state index in [9.17, 15) is 15.3 Å².